The highest BCUT2D eigenvalue weighted by atomic mass is 16.6. The van der Waals surface area contributed by atoms with E-state index >= 15 is 0 Å². The molecule has 0 aliphatic rings. The van der Waals surface area contributed by atoms with Gasteiger partial charge in [-0.2, -0.15) is 0 Å². The molecule has 0 heterocycles. The molecule has 6 heteroatoms. The van der Waals surface area contributed by atoms with Gasteiger partial charge in [0.1, 0.15) is 13.2 Å². The van der Waals surface area contributed by atoms with Gasteiger partial charge in [-0.1, -0.05) is 238 Å². The first-order valence-corrected chi connectivity index (χ1v) is 28.3. The predicted molar refractivity (Wildman–Crippen MR) is 302 cm³/mol. The van der Waals surface area contributed by atoms with Crippen molar-refractivity contribution in [2.75, 3.05) is 13.2 Å². The van der Waals surface area contributed by atoms with E-state index in [-0.39, 0.29) is 31.1 Å². The summed E-state index contributed by atoms with van der Waals surface area (Å²) in [6.45, 7) is 6.31. The van der Waals surface area contributed by atoms with E-state index in [9.17, 15) is 14.4 Å². The van der Waals surface area contributed by atoms with Gasteiger partial charge in [0.15, 0.2) is 6.10 Å². The smallest absolute Gasteiger partial charge is 0.306 e. The SMILES string of the molecule is CC\C=C/C=C\C=C/C=C\CCCCCCCC(=O)OCC(COC(=O)CCCCC/C=C\C/C=C\C/C=C\C/C=C\C/C=C\CC)OC(=O)CCCCCCC/C=C\C=C/CCCCCCCCC. The van der Waals surface area contributed by atoms with Gasteiger partial charge in [-0.15, -0.1) is 0 Å². The highest BCUT2D eigenvalue weighted by Gasteiger charge is 2.19. The van der Waals surface area contributed by atoms with Crippen LogP contribution in [0.15, 0.2) is 134 Å². The van der Waals surface area contributed by atoms with Crippen LogP contribution in [0.2, 0.25) is 0 Å². The van der Waals surface area contributed by atoms with E-state index in [4.69, 9.17) is 14.2 Å². The minimum Gasteiger partial charge on any atom is -0.462 e. The van der Waals surface area contributed by atoms with Crippen LogP contribution in [0.25, 0.3) is 0 Å². The van der Waals surface area contributed by atoms with Crippen LogP contribution in [0.5, 0.6) is 0 Å². The van der Waals surface area contributed by atoms with E-state index in [0.29, 0.717) is 19.3 Å². The second-order valence-electron chi connectivity index (χ2n) is 18.2. The number of ether oxygens (including phenoxy) is 3. The Labute approximate surface area is 430 Å². The molecule has 6 nitrogen and oxygen atoms in total. The first-order chi connectivity index (χ1) is 34.5. The van der Waals surface area contributed by atoms with E-state index in [2.05, 4.69) is 136 Å². The molecule has 0 saturated heterocycles. The largest absolute Gasteiger partial charge is 0.462 e. The maximum absolute atomic E-state index is 12.9. The first kappa shape index (κ1) is 65.5. The van der Waals surface area contributed by atoms with E-state index in [1.807, 2.05) is 18.2 Å². The molecule has 0 spiro atoms. The van der Waals surface area contributed by atoms with Crippen molar-refractivity contribution in [1.82, 2.24) is 0 Å². The highest BCUT2D eigenvalue weighted by molar-refractivity contribution is 5.71. The summed E-state index contributed by atoms with van der Waals surface area (Å²) in [6, 6.07) is 0. The molecule has 0 bridgehead atoms. The molecule has 0 saturated carbocycles. The van der Waals surface area contributed by atoms with Gasteiger partial charge in [-0.25, -0.2) is 0 Å². The van der Waals surface area contributed by atoms with Crippen molar-refractivity contribution in [1.29, 1.82) is 0 Å². The van der Waals surface area contributed by atoms with Crippen LogP contribution in [0, 0.1) is 0 Å². The summed E-state index contributed by atoms with van der Waals surface area (Å²) in [6.07, 6.45) is 80.1. The van der Waals surface area contributed by atoms with E-state index in [1.54, 1.807) is 0 Å². The van der Waals surface area contributed by atoms with Crippen LogP contribution in [-0.4, -0.2) is 37.2 Å². The van der Waals surface area contributed by atoms with Crippen molar-refractivity contribution in [3.8, 4) is 0 Å². The highest BCUT2D eigenvalue weighted by Crippen LogP contribution is 2.13. The van der Waals surface area contributed by atoms with Crippen LogP contribution in [0.4, 0.5) is 0 Å². The molecule has 394 valence electrons. The number of hydrogen-bond donors (Lipinski definition) is 0. The molecule has 1 unspecified atom stereocenters. The molecule has 0 aromatic carbocycles. The number of rotatable bonds is 49. The van der Waals surface area contributed by atoms with Gasteiger partial charge in [0.2, 0.25) is 0 Å². The first-order valence-electron chi connectivity index (χ1n) is 28.3. The maximum atomic E-state index is 12.9. The third-order valence-electron chi connectivity index (χ3n) is 11.5. The minimum atomic E-state index is -0.816. The fourth-order valence-electron chi connectivity index (χ4n) is 7.29. The van der Waals surface area contributed by atoms with E-state index in [1.165, 1.54) is 51.4 Å². The molecule has 0 aromatic rings. The van der Waals surface area contributed by atoms with Crippen LogP contribution >= 0.6 is 0 Å². The van der Waals surface area contributed by atoms with Gasteiger partial charge in [-0.3, -0.25) is 14.4 Å². The van der Waals surface area contributed by atoms with Crippen LogP contribution < -0.4 is 0 Å². The predicted octanol–water partition coefficient (Wildman–Crippen LogP) is 19.0. The average Bonchev–Trinajstić information content (AvgIpc) is 3.36. The Balaban J connectivity index is 4.54. The number of carbonyl (C=O) groups is 3. The lowest BCUT2D eigenvalue weighted by Crippen LogP contribution is -2.30. The Morgan fingerprint density at radius 1 is 0.314 bits per heavy atom. The standard InChI is InChI=1S/C64H102O6/c1-4-7-10-13-16-19-22-25-28-30-32-34-36-39-42-45-48-51-54-57-63(66)69-60-61(59-68-62(65)56-53-50-47-44-41-38-35-27-24-21-18-15-12-9-6-3)70-64(67)58-55-52-49-46-43-40-37-33-31-29-26-23-20-17-14-11-8-5-2/h7,9-10,12,15-16,18-19,21,24-25,27-29,31-35,37,39,42,61H,4-6,8,11,13-14,17,20,22-23,26,30,36,38,40-41,43-60H2,1-3H3/b10-7-,12-9-,18-15-,19-16-,24-21-,28-25-,31-29-,34-32-,35-27-,37-33-,42-39-. The maximum Gasteiger partial charge on any atom is 0.306 e. The van der Waals surface area contributed by atoms with Gasteiger partial charge >= 0.3 is 17.9 Å². The molecule has 0 aliphatic carbocycles. The Kier molecular flexibility index (Phi) is 53.5. The third-order valence-corrected chi connectivity index (χ3v) is 11.5. The fraction of sp³-hybridized carbons (Fsp3) is 0.609. The molecular formula is C64H102O6. The van der Waals surface area contributed by atoms with Crippen molar-refractivity contribution in [3.05, 3.63) is 134 Å². The zero-order chi connectivity index (χ0) is 50.7. The minimum absolute atomic E-state index is 0.112. The summed E-state index contributed by atoms with van der Waals surface area (Å²) in [4.78, 5) is 38.2. The van der Waals surface area contributed by atoms with Gasteiger partial charge in [0, 0.05) is 19.3 Å². The Morgan fingerprint density at radius 2 is 0.629 bits per heavy atom. The van der Waals surface area contributed by atoms with Crippen molar-refractivity contribution in [2.45, 2.75) is 239 Å². The van der Waals surface area contributed by atoms with Crippen molar-refractivity contribution in [2.24, 2.45) is 0 Å². The molecular weight excluding hydrogens is 865 g/mol. The zero-order valence-electron chi connectivity index (χ0n) is 45.0. The summed E-state index contributed by atoms with van der Waals surface area (Å²) in [7, 11) is 0. The molecule has 0 aliphatic heterocycles. The monoisotopic (exact) mass is 967 g/mol. The van der Waals surface area contributed by atoms with E-state index in [0.717, 1.165) is 141 Å². The van der Waals surface area contributed by atoms with Crippen molar-refractivity contribution in [3.63, 3.8) is 0 Å². The molecule has 0 fully saturated rings. The van der Waals surface area contributed by atoms with Crippen LogP contribution in [0.3, 0.4) is 0 Å². The number of esters is 3. The Morgan fingerprint density at radius 3 is 1.07 bits per heavy atom. The molecule has 0 rings (SSSR count). The summed E-state index contributed by atoms with van der Waals surface area (Å²) >= 11 is 0. The summed E-state index contributed by atoms with van der Waals surface area (Å²) in [5, 5.41) is 0. The third kappa shape index (κ3) is 54.5. The zero-order valence-corrected chi connectivity index (χ0v) is 45.0. The molecule has 70 heavy (non-hydrogen) atoms. The summed E-state index contributed by atoms with van der Waals surface area (Å²) in [5.74, 6) is -0.986. The van der Waals surface area contributed by atoms with Gasteiger partial charge in [0.05, 0.1) is 0 Å². The lowest BCUT2D eigenvalue weighted by atomic mass is 10.1. The van der Waals surface area contributed by atoms with Crippen molar-refractivity contribution >= 4 is 17.9 Å². The lowest BCUT2D eigenvalue weighted by molar-refractivity contribution is -0.167. The van der Waals surface area contributed by atoms with Gasteiger partial charge in [0.25, 0.3) is 0 Å². The molecule has 0 aromatic heterocycles. The number of allylic oxidation sites excluding steroid dienone is 22. The summed E-state index contributed by atoms with van der Waals surface area (Å²) in [5.41, 5.74) is 0. The molecule has 0 amide bonds. The van der Waals surface area contributed by atoms with Gasteiger partial charge in [-0.05, 0) is 109 Å². The normalized spacial score (nSPS) is 13.1. The summed E-state index contributed by atoms with van der Waals surface area (Å²) < 4.78 is 16.8. The molecule has 1 atom stereocenters. The quantitative estimate of drug-likeness (QED) is 0.0199. The number of carbonyl (C=O) groups excluding carboxylic acids is 3. The van der Waals surface area contributed by atoms with Crippen LogP contribution in [-0.2, 0) is 28.6 Å². The number of unbranched alkanes of at least 4 members (excludes halogenated alkanes) is 20. The number of hydrogen-bond acceptors (Lipinski definition) is 6. The molecule has 0 radical (unpaired) electrons. The molecule has 0 N–H and O–H groups in total. The Bertz CT molecular complexity index is 1530. The fourth-order valence-corrected chi connectivity index (χ4v) is 7.29. The topological polar surface area (TPSA) is 78.9 Å². The van der Waals surface area contributed by atoms with Crippen LogP contribution in [0.1, 0.15) is 233 Å². The Hall–Kier alpha value is -4.45. The lowest BCUT2D eigenvalue weighted by Gasteiger charge is -2.18. The van der Waals surface area contributed by atoms with Gasteiger partial charge < -0.3 is 14.2 Å². The average molecular weight is 968 g/mol. The van der Waals surface area contributed by atoms with Crippen molar-refractivity contribution < 1.29 is 28.6 Å². The second kappa shape index (κ2) is 57.1. The second-order valence-corrected chi connectivity index (χ2v) is 18.2. The van der Waals surface area contributed by atoms with E-state index < -0.39 is 6.10 Å².